The number of ether oxygens (including phenoxy) is 1. The molecular weight excluding hydrogens is 202 g/mol. The van der Waals surface area contributed by atoms with Gasteiger partial charge in [0.15, 0.2) is 17.4 Å². The van der Waals surface area contributed by atoms with Crippen LogP contribution in [-0.4, -0.2) is 13.2 Å². The molecule has 0 radical (unpaired) electrons. The first-order valence-corrected chi connectivity index (χ1v) is 3.73. The van der Waals surface area contributed by atoms with Crippen LogP contribution in [-0.2, 0) is 0 Å². The summed E-state index contributed by atoms with van der Waals surface area (Å²) in [4.78, 5) is 0. The first-order valence-electron chi connectivity index (χ1n) is 3.73. The molecule has 0 unspecified atom stereocenters. The van der Waals surface area contributed by atoms with E-state index < -0.39 is 29.0 Å². The van der Waals surface area contributed by atoms with Gasteiger partial charge in [0.25, 0.3) is 0 Å². The molecule has 0 amide bonds. The van der Waals surface area contributed by atoms with E-state index in [4.69, 9.17) is 5.73 Å². The van der Waals surface area contributed by atoms with Crippen LogP contribution < -0.4 is 10.5 Å². The molecule has 14 heavy (non-hydrogen) atoms. The standard InChI is InChI=1S/C8H7F4NO/c9-4-3-5(10)7(12)8(6(4)11)14-2-1-13/h3H,1-2,13H2. The summed E-state index contributed by atoms with van der Waals surface area (Å²) in [5.74, 6) is -7.20. The maximum absolute atomic E-state index is 12.8. The molecule has 0 saturated carbocycles. The third-order valence-corrected chi connectivity index (χ3v) is 1.44. The lowest BCUT2D eigenvalue weighted by atomic mass is 10.3. The van der Waals surface area contributed by atoms with E-state index >= 15 is 0 Å². The van der Waals surface area contributed by atoms with Gasteiger partial charge in [0.05, 0.1) is 0 Å². The van der Waals surface area contributed by atoms with E-state index in [1.54, 1.807) is 0 Å². The van der Waals surface area contributed by atoms with Crippen molar-refractivity contribution >= 4 is 0 Å². The van der Waals surface area contributed by atoms with Gasteiger partial charge in [-0.2, -0.15) is 8.78 Å². The number of hydrogen-bond acceptors (Lipinski definition) is 2. The maximum atomic E-state index is 12.8. The van der Waals surface area contributed by atoms with E-state index in [0.717, 1.165) is 0 Å². The van der Waals surface area contributed by atoms with Crippen molar-refractivity contribution < 1.29 is 22.3 Å². The molecule has 0 bridgehead atoms. The minimum atomic E-state index is -1.56. The first-order chi connectivity index (χ1) is 6.57. The molecule has 2 nitrogen and oxygen atoms in total. The van der Waals surface area contributed by atoms with E-state index in [1.807, 2.05) is 0 Å². The number of benzene rings is 1. The molecule has 0 heterocycles. The third-order valence-electron chi connectivity index (χ3n) is 1.44. The van der Waals surface area contributed by atoms with Gasteiger partial charge in [-0.25, -0.2) is 8.78 Å². The van der Waals surface area contributed by atoms with Gasteiger partial charge in [-0.1, -0.05) is 0 Å². The highest BCUT2D eigenvalue weighted by molar-refractivity contribution is 5.28. The zero-order valence-corrected chi connectivity index (χ0v) is 6.99. The molecule has 0 aliphatic heterocycles. The lowest BCUT2D eigenvalue weighted by Crippen LogP contribution is -2.13. The van der Waals surface area contributed by atoms with Gasteiger partial charge in [-0.15, -0.1) is 0 Å². The molecule has 0 atom stereocenters. The minimum Gasteiger partial charge on any atom is -0.486 e. The highest BCUT2D eigenvalue weighted by Crippen LogP contribution is 2.26. The lowest BCUT2D eigenvalue weighted by molar-refractivity contribution is 0.279. The van der Waals surface area contributed by atoms with E-state index in [9.17, 15) is 17.6 Å². The Morgan fingerprint density at radius 2 is 1.57 bits per heavy atom. The molecule has 0 saturated heterocycles. The quantitative estimate of drug-likeness (QED) is 0.606. The summed E-state index contributed by atoms with van der Waals surface area (Å²) in [5.41, 5.74) is 5.00. The Kier molecular flexibility index (Phi) is 3.29. The molecule has 78 valence electrons. The van der Waals surface area contributed by atoms with Crippen LogP contribution in [0.25, 0.3) is 0 Å². The second-order valence-corrected chi connectivity index (χ2v) is 2.43. The topological polar surface area (TPSA) is 35.2 Å². The van der Waals surface area contributed by atoms with E-state index in [0.29, 0.717) is 0 Å². The Morgan fingerprint density at radius 3 is 2.00 bits per heavy atom. The van der Waals surface area contributed by atoms with Crippen molar-refractivity contribution in [2.45, 2.75) is 0 Å². The lowest BCUT2D eigenvalue weighted by Gasteiger charge is -2.07. The molecule has 1 aromatic rings. The van der Waals surface area contributed by atoms with Gasteiger partial charge >= 0.3 is 0 Å². The predicted molar refractivity (Wildman–Crippen MR) is 40.8 cm³/mol. The van der Waals surface area contributed by atoms with Gasteiger partial charge in [-0.05, 0) is 0 Å². The fraction of sp³-hybridized carbons (Fsp3) is 0.250. The molecule has 0 aromatic heterocycles. The molecule has 0 fully saturated rings. The smallest absolute Gasteiger partial charge is 0.203 e. The van der Waals surface area contributed by atoms with E-state index in [1.165, 1.54) is 0 Å². The largest absolute Gasteiger partial charge is 0.486 e. The van der Waals surface area contributed by atoms with Gasteiger partial charge in [0.1, 0.15) is 6.61 Å². The van der Waals surface area contributed by atoms with Crippen LogP contribution in [0.1, 0.15) is 0 Å². The summed E-state index contributed by atoms with van der Waals surface area (Å²) >= 11 is 0. The number of hydrogen-bond donors (Lipinski definition) is 1. The normalized spacial score (nSPS) is 10.4. The SMILES string of the molecule is NCCOc1c(F)c(F)cc(F)c1F. The van der Waals surface area contributed by atoms with Crippen molar-refractivity contribution in [3.63, 3.8) is 0 Å². The van der Waals surface area contributed by atoms with Crippen molar-refractivity contribution in [2.75, 3.05) is 13.2 Å². The number of halogens is 4. The molecule has 6 heteroatoms. The van der Waals surface area contributed by atoms with Crippen LogP contribution in [0.15, 0.2) is 6.07 Å². The predicted octanol–water partition coefficient (Wildman–Crippen LogP) is 1.58. The number of rotatable bonds is 3. The molecule has 1 rings (SSSR count). The summed E-state index contributed by atoms with van der Waals surface area (Å²) in [6, 6.07) is 0.111. The van der Waals surface area contributed by atoms with Crippen molar-refractivity contribution in [1.82, 2.24) is 0 Å². The summed E-state index contributed by atoms with van der Waals surface area (Å²) in [6.45, 7) is -0.242. The minimum absolute atomic E-state index is 0.0169. The highest BCUT2D eigenvalue weighted by Gasteiger charge is 2.20. The van der Waals surface area contributed by atoms with Crippen LogP contribution in [0.3, 0.4) is 0 Å². The van der Waals surface area contributed by atoms with Crippen molar-refractivity contribution in [3.8, 4) is 5.75 Å². The average Bonchev–Trinajstić information content (AvgIpc) is 2.15. The van der Waals surface area contributed by atoms with E-state index in [2.05, 4.69) is 4.74 Å². The molecule has 2 N–H and O–H groups in total. The monoisotopic (exact) mass is 209 g/mol. The fourth-order valence-corrected chi connectivity index (χ4v) is 0.839. The zero-order valence-electron chi connectivity index (χ0n) is 6.99. The molecular formula is C8H7F4NO. The molecule has 0 spiro atoms. The summed E-state index contributed by atoms with van der Waals surface area (Å²) < 4.78 is 55.2. The second-order valence-electron chi connectivity index (χ2n) is 2.43. The highest BCUT2D eigenvalue weighted by atomic mass is 19.2. The molecule has 0 aliphatic rings. The van der Waals surface area contributed by atoms with Crippen LogP contribution in [0, 0.1) is 23.3 Å². The second kappa shape index (κ2) is 4.28. The Labute approximate surface area is 77.3 Å². The van der Waals surface area contributed by atoms with Gasteiger partial charge < -0.3 is 10.5 Å². The number of nitrogens with two attached hydrogens (primary N) is 1. The van der Waals surface area contributed by atoms with Crippen LogP contribution in [0.4, 0.5) is 17.6 Å². The van der Waals surface area contributed by atoms with Crippen molar-refractivity contribution in [3.05, 3.63) is 29.3 Å². The Hall–Kier alpha value is -1.30. The Balaban J connectivity index is 3.11. The first kappa shape index (κ1) is 10.8. The van der Waals surface area contributed by atoms with Gasteiger partial charge in [0.2, 0.25) is 11.6 Å². The Bertz CT molecular complexity index is 316. The van der Waals surface area contributed by atoms with Crippen LogP contribution in [0.5, 0.6) is 5.75 Å². The summed E-state index contributed by atoms with van der Waals surface area (Å²) in [5, 5.41) is 0. The van der Waals surface area contributed by atoms with Crippen LogP contribution in [0.2, 0.25) is 0 Å². The summed E-state index contributed by atoms with van der Waals surface area (Å²) in [7, 11) is 0. The molecule has 0 aliphatic carbocycles. The van der Waals surface area contributed by atoms with Gasteiger partial charge in [-0.3, -0.25) is 0 Å². The van der Waals surface area contributed by atoms with Crippen molar-refractivity contribution in [1.29, 1.82) is 0 Å². The summed E-state index contributed by atoms with van der Waals surface area (Å²) in [6.07, 6.45) is 0. The van der Waals surface area contributed by atoms with Crippen molar-refractivity contribution in [2.24, 2.45) is 5.73 Å². The fourth-order valence-electron chi connectivity index (χ4n) is 0.839. The van der Waals surface area contributed by atoms with E-state index in [-0.39, 0.29) is 19.2 Å². The average molecular weight is 209 g/mol. The Morgan fingerprint density at radius 1 is 1.07 bits per heavy atom. The van der Waals surface area contributed by atoms with Crippen LogP contribution >= 0.6 is 0 Å². The third kappa shape index (κ3) is 1.95. The molecule has 1 aromatic carbocycles. The maximum Gasteiger partial charge on any atom is 0.203 e. The zero-order chi connectivity index (χ0) is 10.7. The van der Waals surface area contributed by atoms with Gasteiger partial charge in [0, 0.05) is 12.6 Å².